The highest BCUT2D eigenvalue weighted by Crippen LogP contribution is 2.35. The van der Waals surface area contributed by atoms with Gasteiger partial charge in [-0.05, 0) is 55.7 Å². The van der Waals surface area contributed by atoms with Crippen molar-refractivity contribution in [1.82, 2.24) is 15.3 Å². The van der Waals surface area contributed by atoms with E-state index in [4.69, 9.17) is 9.97 Å². The minimum Gasteiger partial charge on any atom is -0.507 e. The number of aromatic nitrogens is 2. The summed E-state index contributed by atoms with van der Waals surface area (Å²) in [5, 5.41) is 29.1. The summed E-state index contributed by atoms with van der Waals surface area (Å²) in [7, 11) is 0. The number of fused-ring (bicyclic) bond motifs is 1. The molecule has 1 saturated heterocycles. The Bertz CT molecular complexity index is 1230. The van der Waals surface area contributed by atoms with E-state index in [9.17, 15) is 10.2 Å². The molecule has 0 radical (unpaired) electrons. The summed E-state index contributed by atoms with van der Waals surface area (Å²) in [5.41, 5.74) is 2.74. The van der Waals surface area contributed by atoms with Crippen molar-refractivity contribution in [3.8, 4) is 17.1 Å². The van der Waals surface area contributed by atoms with Gasteiger partial charge in [0.2, 0.25) is 0 Å². The maximum absolute atomic E-state index is 10.6. The number of aromatic hydroxyl groups is 1. The summed E-state index contributed by atoms with van der Waals surface area (Å²) in [6, 6.07) is 13.4. The lowest BCUT2D eigenvalue weighted by molar-refractivity contribution is 0.0219. The number of para-hydroxylation sites is 1. The quantitative estimate of drug-likeness (QED) is 0.489. The van der Waals surface area contributed by atoms with Crippen LogP contribution in [0.5, 0.6) is 5.75 Å². The van der Waals surface area contributed by atoms with E-state index in [0.717, 1.165) is 41.5 Å². The number of phenolic OH excluding ortho intramolecular Hbond substituents is 1. The zero-order valence-corrected chi connectivity index (χ0v) is 18.3. The van der Waals surface area contributed by atoms with E-state index < -0.39 is 5.60 Å². The summed E-state index contributed by atoms with van der Waals surface area (Å²) in [6.45, 7) is 5.17. The molecule has 0 bridgehead atoms. The number of phenols is 1. The Labute approximate surface area is 187 Å². The van der Waals surface area contributed by atoms with Gasteiger partial charge >= 0.3 is 0 Å². The van der Waals surface area contributed by atoms with Gasteiger partial charge in [0.1, 0.15) is 11.6 Å². The van der Waals surface area contributed by atoms with Gasteiger partial charge in [0.05, 0.1) is 16.7 Å². The molecular formula is C26H28N4O2. The van der Waals surface area contributed by atoms with Crippen LogP contribution in [-0.4, -0.2) is 44.9 Å². The summed E-state index contributed by atoms with van der Waals surface area (Å²) in [4.78, 5) is 9.61. The van der Waals surface area contributed by atoms with Crippen LogP contribution in [0.25, 0.3) is 27.9 Å². The fourth-order valence-corrected chi connectivity index (χ4v) is 4.62. The Morgan fingerprint density at radius 2 is 1.94 bits per heavy atom. The lowest BCUT2D eigenvalue weighted by atomic mass is 9.87. The molecule has 2 aliphatic rings. The van der Waals surface area contributed by atoms with E-state index in [-0.39, 0.29) is 17.7 Å². The predicted octanol–water partition coefficient (Wildman–Crippen LogP) is 4.12. The second-order valence-corrected chi connectivity index (χ2v) is 9.11. The molecule has 32 heavy (non-hydrogen) atoms. The maximum atomic E-state index is 10.6. The fraction of sp³-hybridized carbons (Fsp3) is 0.308. The summed E-state index contributed by atoms with van der Waals surface area (Å²) >= 11 is 0. The van der Waals surface area contributed by atoms with Crippen LogP contribution >= 0.6 is 0 Å². The normalized spacial score (nSPS) is 20.7. The first-order valence-electron chi connectivity index (χ1n) is 11.1. The number of anilines is 1. The Kier molecular flexibility index (Phi) is 5.19. The molecule has 1 aliphatic heterocycles. The first-order valence-corrected chi connectivity index (χ1v) is 11.1. The third kappa shape index (κ3) is 3.87. The Morgan fingerprint density at radius 1 is 1.09 bits per heavy atom. The number of nitrogens with one attached hydrogen (secondary N) is 2. The number of nitrogens with zero attached hydrogens (tertiary/aromatic N) is 2. The molecule has 2 heterocycles. The van der Waals surface area contributed by atoms with Crippen molar-refractivity contribution in [2.75, 3.05) is 18.4 Å². The van der Waals surface area contributed by atoms with Crippen molar-refractivity contribution in [3.05, 3.63) is 66.3 Å². The van der Waals surface area contributed by atoms with Crippen LogP contribution in [0.3, 0.4) is 0 Å². The van der Waals surface area contributed by atoms with Gasteiger partial charge in [0, 0.05) is 30.4 Å². The first kappa shape index (κ1) is 20.7. The SMILES string of the molecule is CC(C)(O)[C@@H]1CNC[C@H]1Nc1nc(-c2cc(C3=CCC=C3)ccc2O)nc2ccccc12. The van der Waals surface area contributed by atoms with Crippen LogP contribution in [-0.2, 0) is 0 Å². The minimum absolute atomic E-state index is 0.0230. The van der Waals surface area contributed by atoms with Crippen LogP contribution in [0, 0.1) is 5.92 Å². The Morgan fingerprint density at radius 3 is 2.72 bits per heavy atom. The van der Waals surface area contributed by atoms with Gasteiger partial charge in [0.15, 0.2) is 5.82 Å². The van der Waals surface area contributed by atoms with E-state index in [2.05, 4.69) is 28.9 Å². The molecule has 5 rings (SSSR count). The standard InChI is InChI=1S/C26H28N4O2/c1-26(2,32)20-14-27-15-22(20)29-24-18-9-5-6-10-21(18)28-25(30-24)19-13-17(11-12-23(19)31)16-7-3-4-8-16/h3,5-13,20,22,27,31-32H,4,14-15H2,1-2H3,(H,28,29,30)/t20-,22-/m1/s1. The van der Waals surface area contributed by atoms with Gasteiger partial charge in [-0.2, -0.15) is 0 Å². The summed E-state index contributed by atoms with van der Waals surface area (Å²) in [5.74, 6) is 1.36. The first-order chi connectivity index (χ1) is 15.4. The van der Waals surface area contributed by atoms with Gasteiger partial charge in [-0.15, -0.1) is 0 Å². The van der Waals surface area contributed by atoms with Gasteiger partial charge in [-0.1, -0.05) is 36.4 Å². The number of hydrogen-bond acceptors (Lipinski definition) is 6. The van der Waals surface area contributed by atoms with E-state index in [1.54, 1.807) is 6.07 Å². The molecule has 1 aliphatic carbocycles. The van der Waals surface area contributed by atoms with Crippen LogP contribution < -0.4 is 10.6 Å². The van der Waals surface area contributed by atoms with Crippen molar-refractivity contribution >= 4 is 22.3 Å². The monoisotopic (exact) mass is 428 g/mol. The van der Waals surface area contributed by atoms with E-state index >= 15 is 0 Å². The molecule has 1 aromatic heterocycles. The summed E-state index contributed by atoms with van der Waals surface area (Å²) in [6.07, 6.45) is 7.29. The average Bonchev–Trinajstić information content (AvgIpc) is 3.46. The lowest BCUT2D eigenvalue weighted by Gasteiger charge is -2.31. The number of hydrogen-bond donors (Lipinski definition) is 4. The Balaban J connectivity index is 1.59. The molecule has 4 N–H and O–H groups in total. The van der Waals surface area contributed by atoms with Crippen LogP contribution in [0.1, 0.15) is 25.8 Å². The smallest absolute Gasteiger partial charge is 0.165 e. The largest absolute Gasteiger partial charge is 0.507 e. The number of allylic oxidation sites excluding steroid dienone is 4. The molecule has 0 unspecified atom stereocenters. The number of rotatable bonds is 5. The van der Waals surface area contributed by atoms with Crippen LogP contribution in [0.15, 0.2) is 60.7 Å². The molecule has 0 spiro atoms. The van der Waals surface area contributed by atoms with Crippen molar-refractivity contribution in [1.29, 1.82) is 0 Å². The second-order valence-electron chi connectivity index (χ2n) is 9.11. The van der Waals surface area contributed by atoms with Gasteiger partial charge in [-0.3, -0.25) is 0 Å². The van der Waals surface area contributed by atoms with Gasteiger partial charge in [0.25, 0.3) is 0 Å². The third-order valence-corrected chi connectivity index (χ3v) is 6.39. The van der Waals surface area contributed by atoms with E-state index in [0.29, 0.717) is 17.2 Å². The zero-order valence-electron chi connectivity index (χ0n) is 18.3. The van der Waals surface area contributed by atoms with Crippen molar-refractivity contribution in [3.63, 3.8) is 0 Å². The molecule has 1 fully saturated rings. The maximum Gasteiger partial charge on any atom is 0.165 e. The number of aliphatic hydroxyl groups is 1. The van der Waals surface area contributed by atoms with Gasteiger partial charge < -0.3 is 20.8 Å². The van der Waals surface area contributed by atoms with Crippen molar-refractivity contribution < 1.29 is 10.2 Å². The topological polar surface area (TPSA) is 90.3 Å². The summed E-state index contributed by atoms with van der Waals surface area (Å²) < 4.78 is 0. The van der Waals surface area contributed by atoms with E-state index in [1.807, 2.05) is 50.2 Å². The zero-order chi connectivity index (χ0) is 22.3. The lowest BCUT2D eigenvalue weighted by Crippen LogP contribution is -2.42. The molecule has 2 atom stereocenters. The average molecular weight is 429 g/mol. The molecular weight excluding hydrogens is 400 g/mol. The third-order valence-electron chi connectivity index (χ3n) is 6.39. The molecule has 3 aromatic rings. The molecule has 6 heteroatoms. The van der Waals surface area contributed by atoms with Crippen LogP contribution in [0.4, 0.5) is 5.82 Å². The number of benzene rings is 2. The van der Waals surface area contributed by atoms with Crippen molar-refractivity contribution in [2.45, 2.75) is 31.9 Å². The Hall–Kier alpha value is -3.22. The fourth-order valence-electron chi connectivity index (χ4n) is 4.62. The second kappa shape index (κ2) is 8.04. The highest BCUT2D eigenvalue weighted by atomic mass is 16.3. The molecule has 6 nitrogen and oxygen atoms in total. The van der Waals surface area contributed by atoms with E-state index in [1.165, 1.54) is 0 Å². The van der Waals surface area contributed by atoms with Crippen LogP contribution in [0.2, 0.25) is 0 Å². The van der Waals surface area contributed by atoms with Crippen molar-refractivity contribution in [2.24, 2.45) is 5.92 Å². The molecule has 2 aromatic carbocycles. The molecule has 164 valence electrons. The molecule has 0 saturated carbocycles. The predicted molar refractivity (Wildman–Crippen MR) is 128 cm³/mol. The highest BCUT2D eigenvalue weighted by molar-refractivity contribution is 5.91. The minimum atomic E-state index is -0.818. The molecule has 0 amide bonds. The van der Waals surface area contributed by atoms with Gasteiger partial charge in [-0.25, -0.2) is 9.97 Å². The highest BCUT2D eigenvalue weighted by Gasteiger charge is 2.38.